The number of benzene rings is 1. The molecule has 1 atom stereocenters. The first-order valence-corrected chi connectivity index (χ1v) is 6.50. The Morgan fingerprint density at radius 2 is 2.30 bits per heavy atom. The SMILES string of the molecule is CN(CC1CCCN1)c1ccc([N+](=O)[O-])cc1C(F)F. The highest BCUT2D eigenvalue weighted by Gasteiger charge is 2.22. The Labute approximate surface area is 115 Å². The number of alkyl halides is 2. The standard InChI is InChI=1S/C13H17F2N3O2/c1-17(8-9-3-2-6-16-9)12-5-4-10(18(19)20)7-11(12)13(14)15/h4-5,7,9,13,16H,2-3,6,8H2,1H3. The van der Waals surface area contributed by atoms with Crippen LogP contribution in [0.25, 0.3) is 0 Å². The smallest absolute Gasteiger partial charge is 0.270 e. The number of anilines is 1. The molecule has 1 aliphatic heterocycles. The molecule has 1 saturated heterocycles. The average Bonchev–Trinajstić information content (AvgIpc) is 2.90. The van der Waals surface area contributed by atoms with E-state index in [-0.39, 0.29) is 17.3 Å². The van der Waals surface area contributed by atoms with E-state index < -0.39 is 11.3 Å². The molecule has 2 rings (SSSR count). The lowest BCUT2D eigenvalue weighted by molar-refractivity contribution is -0.385. The quantitative estimate of drug-likeness (QED) is 0.667. The predicted octanol–water partition coefficient (Wildman–Crippen LogP) is 2.72. The molecule has 20 heavy (non-hydrogen) atoms. The lowest BCUT2D eigenvalue weighted by atomic mass is 10.1. The number of hydrogen-bond acceptors (Lipinski definition) is 4. The van der Waals surface area contributed by atoms with Gasteiger partial charge in [0.05, 0.1) is 4.92 Å². The fourth-order valence-electron chi connectivity index (χ4n) is 2.52. The minimum atomic E-state index is -2.73. The number of likely N-dealkylation sites (N-methyl/N-ethyl adjacent to an activating group) is 1. The molecule has 1 aromatic carbocycles. The van der Waals surface area contributed by atoms with Crippen LogP contribution in [0.15, 0.2) is 18.2 Å². The van der Waals surface area contributed by atoms with E-state index in [0.29, 0.717) is 12.2 Å². The first kappa shape index (κ1) is 14.6. The number of non-ortho nitro benzene ring substituents is 1. The Bertz CT molecular complexity index is 491. The van der Waals surface area contributed by atoms with Gasteiger partial charge in [0.15, 0.2) is 0 Å². The van der Waals surface area contributed by atoms with Crippen LogP contribution in [0.5, 0.6) is 0 Å². The molecule has 0 bridgehead atoms. The van der Waals surface area contributed by atoms with Crippen molar-refractivity contribution >= 4 is 11.4 Å². The second-order valence-electron chi connectivity index (χ2n) is 4.97. The number of nitrogens with one attached hydrogen (secondary N) is 1. The van der Waals surface area contributed by atoms with Gasteiger partial charge in [0.25, 0.3) is 12.1 Å². The number of nitro benzene ring substituents is 1. The maximum absolute atomic E-state index is 13.1. The van der Waals surface area contributed by atoms with Crippen LogP contribution in [-0.4, -0.2) is 31.1 Å². The van der Waals surface area contributed by atoms with Gasteiger partial charge in [0, 0.05) is 43.0 Å². The Morgan fingerprint density at radius 3 is 2.85 bits per heavy atom. The van der Waals surface area contributed by atoms with Crippen LogP contribution < -0.4 is 10.2 Å². The van der Waals surface area contributed by atoms with E-state index in [1.807, 2.05) is 0 Å². The largest absolute Gasteiger partial charge is 0.373 e. The van der Waals surface area contributed by atoms with Crippen LogP contribution in [0.2, 0.25) is 0 Å². The molecular weight excluding hydrogens is 268 g/mol. The molecule has 0 spiro atoms. The summed E-state index contributed by atoms with van der Waals surface area (Å²) in [6.07, 6.45) is -0.633. The molecule has 1 unspecified atom stereocenters. The summed E-state index contributed by atoms with van der Waals surface area (Å²) >= 11 is 0. The molecule has 0 radical (unpaired) electrons. The van der Waals surface area contributed by atoms with E-state index in [0.717, 1.165) is 25.5 Å². The van der Waals surface area contributed by atoms with Crippen LogP contribution in [0.1, 0.15) is 24.8 Å². The molecule has 5 nitrogen and oxygen atoms in total. The molecule has 0 saturated carbocycles. The molecule has 110 valence electrons. The lowest BCUT2D eigenvalue weighted by Crippen LogP contribution is -2.35. The van der Waals surface area contributed by atoms with Gasteiger partial charge in [-0.3, -0.25) is 10.1 Å². The van der Waals surface area contributed by atoms with E-state index >= 15 is 0 Å². The Balaban J connectivity index is 2.22. The average molecular weight is 285 g/mol. The maximum atomic E-state index is 13.1. The van der Waals surface area contributed by atoms with E-state index in [1.54, 1.807) is 11.9 Å². The number of nitrogens with zero attached hydrogens (tertiary/aromatic N) is 2. The molecule has 1 fully saturated rings. The zero-order valence-corrected chi connectivity index (χ0v) is 11.2. The summed E-state index contributed by atoms with van der Waals surface area (Å²) in [6.45, 7) is 1.55. The van der Waals surface area contributed by atoms with Crippen molar-refractivity contribution in [2.45, 2.75) is 25.3 Å². The summed E-state index contributed by atoms with van der Waals surface area (Å²) in [7, 11) is 1.73. The second kappa shape index (κ2) is 6.13. The summed E-state index contributed by atoms with van der Waals surface area (Å²) in [5.74, 6) is 0. The molecule has 1 aliphatic rings. The van der Waals surface area contributed by atoms with Gasteiger partial charge in [-0.15, -0.1) is 0 Å². The number of halogens is 2. The van der Waals surface area contributed by atoms with Gasteiger partial charge < -0.3 is 10.2 Å². The monoisotopic (exact) mass is 285 g/mol. The third kappa shape index (κ3) is 3.22. The summed E-state index contributed by atoms with van der Waals surface area (Å²) in [5.41, 5.74) is -0.254. The van der Waals surface area contributed by atoms with Crippen molar-refractivity contribution in [3.8, 4) is 0 Å². The Kier molecular flexibility index (Phi) is 4.49. The highest BCUT2D eigenvalue weighted by Crippen LogP contribution is 2.32. The molecule has 0 amide bonds. The maximum Gasteiger partial charge on any atom is 0.270 e. The van der Waals surface area contributed by atoms with Crippen LogP contribution in [0.3, 0.4) is 0 Å². The number of hydrogen-bond donors (Lipinski definition) is 1. The fourth-order valence-corrected chi connectivity index (χ4v) is 2.52. The van der Waals surface area contributed by atoms with Crippen LogP contribution in [-0.2, 0) is 0 Å². The van der Waals surface area contributed by atoms with Crippen molar-refractivity contribution < 1.29 is 13.7 Å². The van der Waals surface area contributed by atoms with Crippen molar-refractivity contribution in [3.63, 3.8) is 0 Å². The first-order valence-electron chi connectivity index (χ1n) is 6.50. The number of rotatable bonds is 5. The zero-order chi connectivity index (χ0) is 14.7. The van der Waals surface area contributed by atoms with Gasteiger partial charge in [-0.2, -0.15) is 0 Å². The summed E-state index contributed by atoms with van der Waals surface area (Å²) in [6, 6.07) is 3.90. The molecule has 0 aromatic heterocycles. The third-order valence-electron chi connectivity index (χ3n) is 3.52. The van der Waals surface area contributed by atoms with E-state index in [4.69, 9.17) is 0 Å². The van der Waals surface area contributed by atoms with E-state index in [1.165, 1.54) is 12.1 Å². The minimum absolute atomic E-state index is 0.278. The summed E-state index contributed by atoms with van der Waals surface area (Å²) in [5, 5.41) is 14.0. The second-order valence-corrected chi connectivity index (χ2v) is 4.97. The van der Waals surface area contributed by atoms with Gasteiger partial charge >= 0.3 is 0 Å². The van der Waals surface area contributed by atoms with Crippen LogP contribution in [0.4, 0.5) is 20.2 Å². The zero-order valence-electron chi connectivity index (χ0n) is 11.2. The number of nitro groups is 1. The van der Waals surface area contributed by atoms with Gasteiger partial charge in [-0.05, 0) is 25.5 Å². The predicted molar refractivity (Wildman–Crippen MR) is 72.3 cm³/mol. The summed E-state index contributed by atoms with van der Waals surface area (Å²) in [4.78, 5) is 11.7. The molecular formula is C13H17F2N3O2. The van der Waals surface area contributed by atoms with Crippen molar-refractivity contribution in [2.75, 3.05) is 25.0 Å². The topological polar surface area (TPSA) is 58.4 Å². The van der Waals surface area contributed by atoms with Gasteiger partial charge in [0.1, 0.15) is 0 Å². The first-order chi connectivity index (χ1) is 9.49. The Morgan fingerprint density at radius 1 is 1.55 bits per heavy atom. The van der Waals surface area contributed by atoms with Crippen LogP contribution >= 0.6 is 0 Å². The van der Waals surface area contributed by atoms with Crippen molar-refractivity contribution in [1.29, 1.82) is 0 Å². The molecule has 7 heteroatoms. The van der Waals surface area contributed by atoms with Crippen molar-refractivity contribution in [2.24, 2.45) is 0 Å². The minimum Gasteiger partial charge on any atom is -0.373 e. The molecule has 0 aliphatic carbocycles. The fraction of sp³-hybridized carbons (Fsp3) is 0.538. The third-order valence-corrected chi connectivity index (χ3v) is 3.52. The van der Waals surface area contributed by atoms with Gasteiger partial charge in [-0.25, -0.2) is 8.78 Å². The molecule has 1 heterocycles. The lowest BCUT2D eigenvalue weighted by Gasteiger charge is -2.25. The molecule has 1 aromatic rings. The normalized spacial score (nSPS) is 18.5. The van der Waals surface area contributed by atoms with Crippen LogP contribution in [0, 0.1) is 10.1 Å². The van der Waals surface area contributed by atoms with Gasteiger partial charge in [-0.1, -0.05) is 0 Å². The van der Waals surface area contributed by atoms with Crippen molar-refractivity contribution in [1.82, 2.24) is 5.32 Å². The summed E-state index contributed by atoms with van der Waals surface area (Å²) < 4.78 is 26.2. The van der Waals surface area contributed by atoms with E-state index in [9.17, 15) is 18.9 Å². The molecule has 1 N–H and O–H groups in total. The highest BCUT2D eigenvalue weighted by molar-refractivity contribution is 5.58. The Hall–Kier alpha value is -1.76. The highest BCUT2D eigenvalue weighted by atomic mass is 19.3. The van der Waals surface area contributed by atoms with E-state index in [2.05, 4.69) is 5.32 Å². The van der Waals surface area contributed by atoms with Gasteiger partial charge in [0.2, 0.25) is 0 Å². The van der Waals surface area contributed by atoms with Crippen molar-refractivity contribution in [3.05, 3.63) is 33.9 Å².